The first-order chi connectivity index (χ1) is 8.47. The van der Waals surface area contributed by atoms with E-state index in [1.165, 1.54) is 19.3 Å². The highest BCUT2D eigenvalue weighted by Gasteiger charge is 2.37. The van der Waals surface area contributed by atoms with Gasteiger partial charge in [0.25, 0.3) is 0 Å². The highest BCUT2D eigenvalue weighted by atomic mass is 32.2. The third-order valence-corrected chi connectivity index (χ3v) is 8.15. The number of rotatable bonds is 2. The van der Waals surface area contributed by atoms with Crippen molar-refractivity contribution in [3.05, 3.63) is 0 Å². The molecule has 0 radical (unpaired) electrons. The van der Waals surface area contributed by atoms with Gasteiger partial charge in [-0.25, -0.2) is 0 Å². The van der Waals surface area contributed by atoms with Crippen molar-refractivity contribution in [2.75, 3.05) is 5.75 Å². The molecule has 0 amide bonds. The molecular formula is C15H28OS2. The van der Waals surface area contributed by atoms with Gasteiger partial charge in [-0.15, -0.1) is 0 Å². The van der Waals surface area contributed by atoms with Gasteiger partial charge >= 0.3 is 0 Å². The topological polar surface area (TPSA) is 20.2 Å². The van der Waals surface area contributed by atoms with Gasteiger partial charge < -0.3 is 5.11 Å². The first-order valence-corrected chi connectivity index (χ1v) is 9.41. The van der Waals surface area contributed by atoms with Crippen LogP contribution >= 0.6 is 23.5 Å². The highest BCUT2D eigenvalue weighted by Crippen LogP contribution is 2.42. The van der Waals surface area contributed by atoms with Crippen molar-refractivity contribution < 1.29 is 5.11 Å². The van der Waals surface area contributed by atoms with Gasteiger partial charge in [-0.3, -0.25) is 0 Å². The average Bonchev–Trinajstić information content (AvgIpc) is 2.30. The molecule has 1 saturated heterocycles. The lowest BCUT2D eigenvalue weighted by atomic mass is 9.74. The summed E-state index contributed by atoms with van der Waals surface area (Å²) in [6.07, 6.45) is 3.74. The fourth-order valence-corrected chi connectivity index (χ4v) is 6.67. The van der Waals surface area contributed by atoms with Gasteiger partial charge in [0.05, 0.1) is 6.10 Å². The average molecular weight is 289 g/mol. The zero-order valence-electron chi connectivity index (χ0n) is 12.1. The summed E-state index contributed by atoms with van der Waals surface area (Å²) in [6, 6.07) is 0. The molecule has 1 saturated carbocycles. The standard InChI is InChI=1S/C15H28OS2/c1-9-5-10(2)7-13(6-9)15(16)14-8-17-11(3)12(4)18-14/h9-16H,5-8H2,1-4H3. The minimum absolute atomic E-state index is 0.0809. The lowest BCUT2D eigenvalue weighted by Crippen LogP contribution is -2.41. The normalized spacial score (nSPS) is 47.8. The fraction of sp³-hybridized carbons (Fsp3) is 1.00. The van der Waals surface area contributed by atoms with Gasteiger partial charge in [0.15, 0.2) is 0 Å². The molecule has 2 aliphatic rings. The summed E-state index contributed by atoms with van der Waals surface area (Å²) in [6.45, 7) is 9.33. The van der Waals surface area contributed by atoms with E-state index < -0.39 is 0 Å². The van der Waals surface area contributed by atoms with E-state index in [0.717, 1.165) is 22.8 Å². The maximum Gasteiger partial charge on any atom is 0.0695 e. The smallest absolute Gasteiger partial charge is 0.0695 e. The van der Waals surface area contributed by atoms with Gasteiger partial charge in [0.2, 0.25) is 0 Å². The molecule has 1 aliphatic heterocycles. The van der Waals surface area contributed by atoms with E-state index in [4.69, 9.17) is 0 Å². The molecule has 0 spiro atoms. The van der Waals surface area contributed by atoms with Crippen LogP contribution in [-0.4, -0.2) is 32.7 Å². The van der Waals surface area contributed by atoms with Crippen LogP contribution in [0.5, 0.6) is 0 Å². The lowest BCUT2D eigenvalue weighted by molar-refractivity contribution is 0.0576. The summed E-state index contributed by atoms with van der Waals surface area (Å²) in [5, 5.41) is 12.6. The monoisotopic (exact) mass is 288 g/mol. The zero-order chi connectivity index (χ0) is 13.3. The van der Waals surface area contributed by atoms with E-state index >= 15 is 0 Å². The third kappa shape index (κ3) is 3.61. The SMILES string of the molecule is CC1CC(C)CC(C(O)C2CSC(C)C(C)S2)C1. The van der Waals surface area contributed by atoms with E-state index in [-0.39, 0.29) is 6.10 Å². The van der Waals surface area contributed by atoms with Crippen molar-refractivity contribution >= 4 is 23.5 Å². The number of aliphatic hydroxyl groups is 1. The van der Waals surface area contributed by atoms with Gasteiger partial charge in [0, 0.05) is 21.5 Å². The van der Waals surface area contributed by atoms with Crippen molar-refractivity contribution in [1.82, 2.24) is 0 Å². The van der Waals surface area contributed by atoms with Crippen LogP contribution in [0.2, 0.25) is 0 Å². The molecule has 18 heavy (non-hydrogen) atoms. The van der Waals surface area contributed by atoms with Crippen LogP contribution in [0.4, 0.5) is 0 Å². The molecule has 6 atom stereocenters. The maximum atomic E-state index is 10.7. The Balaban J connectivity index is 1.92. The molecule has 2 rings (SSSR count). The van der Waals surface area contributed by atoms with Gasteiger partial charge in [-0.05, 0) is 37.0 Å². The molecule has 0 aromatic carbocycles. The highest BCUT2D eigenvalue weighted by molar-refractivity contribution is 8.07. The van der Waals surface area contributed by atoms with E-state index in [2.05, 4.69) is 27.7 Å². The van der Waals surface area contributed by atoms with Crippen molar-refractivity contribution in [3.8, 4) is 0 Å². The molecule has 0 aromatic rings. The van der Waals surface area contributed by atoms with Crippen LogP contribution < -0.4 is 0 Å². The second-order valence-corrected chi connectivity index (χ2v) is 9.62. The van der Waals surface area contributed by atoms with E-state index in [1.54, 1.807) is 0 Å². The summed E-state index contributed by atoms with van der Waals surface area (Å²) in [7, 11) is 0. The van der Waals surface area contributed by atoms with Crippen molar-refractivity contribution in [1.29, 1.82) is 0 Å². The summed E-state index contributed by atoms with van der Waals surface area (Å²) in [5.74, 6) is 3.27. The molecular weight excluding hydrogens is 260 g/mol. The van der Waals surface area contributed by atoms with Gasteiger partial charge in [-0.1, -0.05) is 27.7 Å². The molecule has 6 unspecified atom stereocenters. The Bertz CT molecular complexity index is 261. The van der Waals surface area contributed by atoms with Crippen LogP contribution in [0.1, 0.15) is 47.0 Å². The second kappa shape index (κ2) is 6.41. The second-order valence-electron chi connectivity index (χ2n) is 6.59. The van der Waals surface area contributed by atoms with Crippen LogP contribution in [0.3, 0.4) is 0 Å². The number of hydrogen-bond acceptors (Lipinski definition) is 3. The molecule has 1 heterocycles. The summed E-state index contributed by atoms with van der Waals surface area (Å²) < 4.78 is 0. The maximum absolute atomic E-state index is 10.7. The van der Waals surface area contributed by atoms with Crippen LogP contribution in [-0.2, 0) is 0 Å². The summed E-state index contributed by atoms with van der Waals surface area (Å²) in [5.41, 5.74) is 0. The van der Waals surface area contributed by atoms with Crippen molar-refractivity contribution in [3.63, 3.8) is 0 Å². The first-order valence-electron chi connectivity index (χ1n) is 7.42. The fourth-order valence-electron chi connectivity index (χ4n) is 3.58. The van der Waals surface area contributed by atoms with E-state index in [9.17, 15) is 5.11 Å². The Kier molecular flexibility index (Phi) is 5.36. The quantitative estimate of drug-likeness (QED) is 0.828. The molecule has 0 bridgehead atoms. The Morgan fingerprint density at radius 1 is 0.944 bits per heavy atom. The molecule has 1 nitrogen and oxygen atoms in total. The van der Waals surface area contributed by atoms with Crippen molar-refractivity contribution in [2.24, 2.45) is 17.8 Å². The molecule has 3 heteroatoms. The van der Waals surface area contributed by atoms with Crippen LogP contribution in [0, 0.1) is 17.8 Å². The number of hydrogen-bond donors (Lipinski definition) is 1. The van der Waals surface area contributed by atoms with E-state index in [1.807, 2.05) is 23.5 Å². The van der Waals surface area contributed by atoms with E-state index in [0.29, 0.717) is 16.4 Å². The van der Waals surface area contributed by atoms with Crippen LogP contribution in [0.15, 0.2) is 0 Å². The Labute approximate surface area is 121 Å². The Morgan fingerprint density at radius 3 is 2.11 bits per heavy atom. The minimum Gasteiger partial charge on any atom is -0.392 e. The predicted molar refractivity (Wildman–Crippen MR) is 84.4 cm³/mol. The first kappa shape index (κ1) is 15.1. The van der Waals surface area contributed by atoms with Crippen LogP contribution in [0.25, 0.3) is 0 Å². The molecule has 1 aliphatic carbocycles. The predicted octanol–water partition coefficient (Wildman–Crippen LogP) is 4.05. The van der Waals surface area contributed by atoms with Gasteiger partial charge in [0.1, 0.15) is 0 Å². The van der Waals surface area contributed by atoms with Crippen molar-refractivity contribution in [2.45, 2.75) is 68.8 Å². The largest absolute Gasteiger partial charge is 0.392 e. The molecule has 106 valence electrons. The minimum atomic E-state index is -0.0809. The van der Waals surface area contributed by atoms with Gasteiger partial charge in [-0.2, -0.15) is 23.5 Å². The number of aliphatic hydroxyl groups excluding tert-OH is 1. The zero-order valence-corrected chi connectivity index (χ0v) is 13.8. The Hall–Kier alpha value is 0.660. The summed E-state index contributed by atoms with van der Waals surface area (Å²) >= 11 is 4.08. The Morgan fingerprint density at radius 2 is 1.56 bits per heavy atom. The lowest BCUT2D eigenvalue weighted by Gasteiger charge is -2.40. The summed E-state index contributed by atoms with van der Waals surface area (Å²) in [4.78, 5) is 0. The molecule has 2 fully saturated rings. The number of thioether (sulfide) groups is 2. The third-order valence-electron chi connectivity index (χ3n) is 4.65. The molecule has 1 N–H and O–H groups in total. The molecule has 0 aromatic heterocycles.